The van der Waals surface area contributed by atoms with E-state index in [2.05, 4.69) is 43.4 Å². The first-order valence-electron chi connectivity index (χ1n) is 8.27. The molecule has 1 aromatic rings. The van der Waals surface area contributed by atoms with E-state index in [4.69, 9.17) is 4.74 Å². The summed E-state index contributed by atoms with van der Waals surface area (Å²) >= 11 is 0. The smallest absolute Gasteiger partial charge is 0.0576 e. The number of ether oxygens (including phenoxy) is 1. The van der Waals surface area contributed by atoms with E-state index >= 15 is 0 Å². The van der Waals surface area contributed by atoms with Crippen LogP contribution in [0, 0.1) is 0 Å². The van der Waals surface area contributed by atoms with E-state index in [9.17, 15) is 0 Å². The zero-order chi connectivity index (χ0) is 14.2. The number of hydrogen-bond acceptors (Lipinski definition) is 2. The molecule has 0 radical (unpaired) electrons. The van der Waals surface area contributed by atoms with Gasteiger partial charge in [-0.15, -0.1) is 0 Å². The van der Waals surface area contributed by atoms with E-state index in [0.29, 0.717) is 12.1 Å². The van der Waals surface area contributed by atoms with Crippen molar-refractivity contribution in [3.63, 3.8) is 0 Å². The van der Waals surface area contributed by atoms with Crippen molar-refractivity contribution in [2.45, 2.75) is 64.5 Å². The summed E-state index contributed by atoms with van der Waals surface area (Å²) in [6.07, 6.45) is 7.83. The molecule has 2 atom stereocenters. The fraction of sp³-hybridized carbons (Fsp3) is 0.667. The Hall–Kier alpha value is -0.860. The van der Waals surface area contributed by atoms with Crippen LogP contribution < -0.4 is 5.32 Å². The van der Waals surface area contributed by atoms with E-state index in [1.165, 1.54) is 43.2 Å². The van der Waals surface area contributed by atoms with Crippen LogP contribution in [-0.4, -0.2) is 19.3 Å². The molecule has 112 valence electrons. The van der Waals surface area contributed by atoms with E-state index in [1.807, 2.05) is 0 Å². The van der Waals surface area contributed by atoms with E-state index in [-0.39, 0.29) is 0 Å². The molecule has 0 saturated carbocycles. The summed E-state index contributed by atoms with van der Waals surface area (Å²) < 4.78 is 5.71. The summed E-state index contributed by atoms with van der Waals surface area (Å²) in [7, 11) is 0. The molecule has 0 aliphatic carbocycles. The third kappa shape index (κ3) is 4.60. The monoisotopic (exact) mass is 275 g/mol. The van der Waals surface area contributed by atoms with Crippen LogP contribution in [0.4, 0.5) is 0 Å². The topological polar surface area (TPSA) is 21.3 Å². The van der Waals surface area contributed by atoms with E-state index in [0.717, 1.165) is 19.6 Å². The SMILES string of the molecule is CCNC(CCCC1CCCO1)c1ccc(CC)cc1. The Morgan fingerprint density at radius 2 is 2.05 bits per heavy atom. The highest BCUT2D eigenvalue weighted by Gasteiger charge is 2.16. The van der Waals surface area contributed by atoms with Gasteiger partial charge in [0.2, 0.25) is 0 Å². The zero-order valence-electron chi connectivity index (χ0n) is 13.0. The molecule has 2 rings (SSSR count). The van der Waals surface area contributed by atoms with Crippen LogP contribution in [0.1, 0.15) is 63.1 Å². The van der Waals surface area contributed by atoms with E-state index in [1.54, 1.807) is 0 Å². The zero-order valence-corrected chi connectivity index (χ0v) is 13.0. The minimum Gasteiger partial charge on any atom is -0.378 e. The predicted octanol–water partition coefficient (Wildman–Crippen LogP) is 4.25. The maximum absolute atomic E-state index is 5.71. The minimum atomic E-state index is 0.493. The molecule has 1 aromatic carbocycles. The second-order valence-corrected chi connectivity index (χ2v) is 5.77. The van der Waals surface area contributed by atoms with Crippen molar-refractivity contribution >= 4 is 0 Å². The van der Waals surface area contributed by atoms with Crippen LogP contribution in [0.2, 0.25) is 0 Å². The van der Waals surface area contributed by atoms with Crippen LogP contribution >= 0.6 is 0 Å². The first-order valence-corrected chi connectivity index (χ1v) is 8.27. The Bertz CT molecular complexity index is 368. The van der Waals surface area contributed by atoms with Gasteiger partial charge < -0.3 is 10.1 Å². The van der Waals surface area contributed by atoms with E-state index < -0.39 is 0 Å². The van der Waals surface area contributed by atoms with Gasteiger partial charge in [-0.3, -0.25) is 0 Å². The number of rotatable bonds is 8. The lowest BCUT2D eigenvalue weighted by Crippen LogP contribution is -2.21. The van der Waals surface area contributed by atoms with Crippen molar-refractivity contribution in [3.8, 4) is 0 Å². The number of nitrogens with one attached hydrogen (secondary N) is 1. The van der Waals surface area contributed by atoms with Gasteiger partial charge in [0.05, 0.1) is 6.10 Å². The summed E-state index contributed by atoms with van der Waals surface area (Å²) in [6.45, 7) is 6.39. The minimum absolute atomic E-state index is 0.493. The van der Waals surface area contributed by atoms with Crippen molar-refractivity contribution in [1.82, 2.24) is 5.32 Å². The average molecular weight is 275 g/mol. The summed E-state index contributed by atoms with van der Waals surface area (Å²) in [6, 6.07) is 9.60. The lowest BCUT2D eigenvalue weighted by atomic mass is 9.98. The molecule has 0 spiro atoms. The first kappa shape index (κ1) is 15.5. The highest BCUT2D eigenvalue weighted by Crippen LogP contribution is 2.23. The predicted molar refractivity (Wildman–Crippen MR) is 85.1 cm³/mol. The summed E-state index contributed by atoms with van der Waals surface area (Å²) in [5.74, 6) is 0. The molecule has 20 heavy (non-hydrogen) atoms. The van der Waals surface area contributed by atoms with Gasteiger partial charge >= 0.3 is 0 Å². The molecule has 0 bridgehead atoms. The van der Waals surface area contributed by atoms with Crippen molar-refractivity contribution in [2.75, 3.05) is 13.2 Å². The Labute approximate surface area is 123 Å². The van der Waals surface area contributed by atoms with Gasteiger partial charge in [0.25, 0.3) is 0 Å². The maximum Gasteiger partial charge on any atom is 0.0576 e. The molecule has 0 amide bonds. The number of aryl methyl sites for hydroxylation is 1. The lowest BCUT2D eigenvalue weighted by Gasteiger charge is -2.19. The molecule has 1 heterocycles. The highest BCUT2D eigenvalue weighted by molar-refractivity contribution is 5.25. The van der Waals surface area contributed by atoms with Crippen LogP contribution in [0.3, 0.4) is 0 Å². The Balaban J connectivity index is 1.84. The van der Waals surface area contributed by atoms with Gasteiger partial charge in [-0.25, -0.2) is 0 Å². The maximum atomic E-state index is 5.71. The average Bonchev–Trinajstić information content (AvgIpc) is 3.00. The van der Waals surface area contributed by atoms with Gasteiger partial charge in [0.15, 0.2) is 0 Å². The quantitative estimate of drug-likeness (QED) is 0.766. The molecular weight excluding hydrogens is 246 g/mol. The van der Waals surface area contributed by atoms with Gasteiger partial charge in [-0.2, -0.15) is 0 Å². The van der Waals surface area contributed by atoms with Gasteiger partial charge in [0, 0.05) is 12.6 Å². The van der Waals surface area contributed by atoms with Gasteiger partial charge in [-0.1, -0.05) is 38.1 Å². The fourth-order valence-corrected chi connectivity index (χ4v) is 3.04. The molecule has 1 aliphatic heterocycles. The first-order chi connectivity index (χ1) is 9.83. The summed E-state index contributed by atoms with van der Waals surface area (Å²) in [5, 5.41) is 3.62. The molecular formula is C18H29NO. The van der Waals surface area contributed by atoms with Crippen molar-refractivity contribution in [1.29, 1.82) is 0 Å². The molecule has 0 aromatic heterocycles. The third-order valence-electron chi connectivity index (χ3n) is 4.28. The molecule has 2 nitrogen and oxygen atoms in total. The van der Waals surface area contributed by atoms with Crippen molar-refractivity contribution < 1.29 is 4.74 Å². The lowest BCUT2D eigenvalue weighted by molar-refractivity contribution is 0.101. The summed E-state index contributed by atoms with van der Waals surface area (Å²) in [4.78, 5) is 0. The van der Waals surface area contributed by atoms with Crippen LogP contribution in [0.5, 0.6) is 0 Å². The number of benzene rings is 1. The molecule has 1 aliphatic rings. The molecule has 1 N–H and O–H groups in total. The van der Waals surface area contributed by atoms with Gasteiger partial charge in [-0.05, 0) is 56.2 Å². The molecule has 2 unspecified atom stereocenters. The van der Waals surface area contributed by atoms with Crippen LogP contribution in [0.25, 0.3) is 0 Å². The van der Waals surface area contributed by atoms with Crippen molar-refractivity contribution in [2.24, 2.45) is 0 Å². The number of hydrogen-bond donors (Lipinski definition) is 1. The summed E-state index contributed by atoms with van der Waals surface area (Å²) in [5.41, 5.74) is 2.85. The van der Waals surface area contributed by atoms with Gasteiger partial charge in [0.1, 0.15) is 0 Å². The van der Waals surface area contributed by atoms with Crippen LogP contribution in [-0.2, 0) is 11.2 Å². The second-order valence-electron chi connectivity index (χ2n) is 5.77. The third-order valence-corrected chi connectivity index (χ3v) is 4.28. The Morgan fingerprint density at radius 1 is 1.25 bits per heavy atom. The highest BCUT2D eigenvalue weighted by atomic mass is 16.5. The molecule has 1 fully saturated rings. The Kier molecular flexibility index (Phi) is 6.55. The second kappa shape index (κ2) is 8.43. The standard InChI is InChI=1S/C18H29NO/c1-3-15-10-12-16(13-11-15)18(19-4-2)9-5-7-17-8-6-14-20-17/h10-13,17-19H,3-9,14H2,1-2H3. The normalized spacial score (nSPS) is 20.2. The fourth-order valence-electron chi connectivity index (χ4n) is 3.04. The molecule has 1 saturated heterocycles. The van der Waals surface area contributed by atoms with Crippen LogP contribution in [0.15, 0.2) is 24.3 Å². The Morgan fingerprint density at radius 3 is 2.65 bits per heavy atom. The largest absolute Gasteiger partial charge is 0.378 e. The van der Waals surface area contributed by atoms with Crippen molar-refractivity contribution in [3.05, 3.63) is 35.4 Å². The molecule has 2 heteroatoms.